The second-order valence-electron chi connectivity index (χ2n) is 8.98. The van der Waals surface area contributed by atoms with Gasteiger partial charge in [0.05, 0.1) is 36.0 Å². The molecule has 0 aliphatic carbocycles. The Kier molecular flexibility index (Phi) is 6.50. The molecule has 2 aliphatic heterocycles. The second-order valence-corrected chi connectivity index (χ2v) is 8.98. The molecule has 9 nitrogen and oxygen atoms in total. The SMILES string of the molecule is CCOC(=O)c1ccc(N2C(=O)C(=O)/C(=C(\O)c3ccc4c(c3)N(C)CCO4)C2c2ccc(O)cc2)cc1. The molecule has 3 aromatic carbocycles. The molecule has 9 heteroatoms. The minimum absolute atomic E-state index is 0.0159. The number of hydrogen-bond acceptors (Lipinski definition) is 8. The number of likely N-dealkylation sites (N-methyl/N-ethyl adjacent to an activating group) is 1. The summed E-state index contributed by atoms with van der Waals surface area (Å²) in [5.41, 5.74) is 2.20. The van der Waals surface area contributed by atoms with Crippen LogP contribution in [0.3, 0.4) is 0 Å². The van der Waals surface area contributed by atoms with Gasteiger partial charge in [-0.2, -0.15) is 0 Å². The van der Waals surface area contributed by atoms with Crippen LogP contribution in [0.4, 0.5) is 11.4 Å². The lowest BCUT2D eigenvalue weighted by Crippen LogP contribution is -2.29. The van der Waals surface area contributed by atoms with E-state index in [0.29, 0.717) is 41.3 Å². The molecule has 0 radical (unpaired) electrons. The Morgan fingerprint density at radius 3 is 2.39 bits per heavy atom. The predicted molar refractivity (Wildman–Crippen MR) is 140 cm³/mol. The lowest BCUT2D eigenvalue weighted by Gasteiger charge is -2.28. The third-order valence-electron chi connectivity index (χ3n) is 6.64. The first kappa shape index (κ1) is 24.9. The van der Waals surface area contributed by atoms with Crippen LogP contribution in [0.15, 0.2) is 72.3 Å². The lowest BCUT2D eigenvalue weighted by atomic mass is 9.94. The molecule has 1 atom stereocenters. The average Bonchev–Trinajstić information content (AvgIpc) is 3.19. The van der Waals surface area contributed by atoms with Crippen molar-refractivity contribution in [2.75, 3.05) is 36.6 Å². The van der Waals surface area contributed by atoms with Gasteiger partial charge < -0.3 is 24.6 Å². The number of benzene rings is 3. The Morgan fingerprint density at radius 2 is 1.71 bits per heavy atom. The number of aliphatic hydroxyl groups is 1. The lowest BCUT2D eigenvalue weighted by molar-refractivity contribution is -0.132. The summed E-state index contributed by atoms with van der Waals surface area (Å²) in [4.78, 5) is 42.1. The molecular weight excluding hydrogens is 488 g/mol. The first-order chi connectivity index (χ1) is 18.3. The molecule has 1 fully saturated rings. The van der Waals surface area contributed by atoms with E-state index in [2.05, 4.69) is 0 Å². The van der Waals surface area contributed by atoms with Crippen LogP contribution < -0.4 is 14.5 Å². The molecule has 0 aromatic heterocycles. The van der Waals surface area contributed by atoms with Crippen LogP contribution >= 0.6 is 0 Å². The van der Waals surface area contributed by atoms with Crippen molar-refractivity contribution >= 4 is 34.8 Å². The quantitative estimate of drug-likeness (QED) is 0.227. The molecule has 0 bridgehead atoms. The van der Waals surface area contributed by atoms with Crippen LogP contribution in [0.25, 0.3) is 5.76 Å². The number of nitrogens with zero attached hydrogens (tertiary/aromatic N) is 2. The molecule has 2 heterocycles. The van der Waals surface area contributed by atoms with Crippen molar-refractivity contribution in [3.8, 4) is 11.5 Å². The first-order valence-electron chi connectivity index (χ1n) is 12.2. The number of ketones is 1. The second kappa shape index (κ2) is 9.93. The number of phenolic OH excluding ortho intramolecular Hbond substituents is 1. The Bertz CT molecular complexity index is 1440. The Hall–Kier alpha value is -4.79. The summed E-state index contributed by atoms with van der Waals surface area (Å²) in [6, 6.07) is 16.3. The van der Waals surface area contributed by atoms with Crippen LogP contribution in [0.2, 0.25) is 0 Å². The predicted octanol–water partition coefficient (Wildman–Crippen LogP) is 4.02. The van der Waals surface area contributed by atoms with Crippen molar-refractivity contribution < 1.29 is 34.1 Å². The monoisotopic (exact) mass is 514 g/mol. The number of amides is 1. The van der Waals surface area contributed by atoms with Crippen molar-refractivity contribution in [2.45, 2.75) is 13.0 Å². The Morgan fingerprint density at radius 1 is 1.03 bits per heavy atom. The van der Waals surface area contributed by atoms with E-state index in [-0.39, 0.29) is 23.7 Å². The van der Waals surface area contributed by atoms with Crippen LogP contribution in [0.5, 0.6) is 11.5 Å². The van der Waals surface area contributed by atoms with E-state index < -0.39 is 23.7 Å². The number of carbonyl (C=O) groups excluding carboxylic acids is 3. The third-order valence-corrected chi connectivity index (χ3v) is 6.64. The van der Waals surface area contributed by atoms with Crippen LogP contribution in [-0.2, 0) is 14.3 Å². The molecule has 1 amide bonds. The van der Waals surface area contributed by atoms with Crippen molar-refractivity contribution in [1.29, 1.82) is 0 Å². The minimum atomic E-state index is -0.978. The first-order valence-corrected chi connectivity index (χ1v) is 12.2. The van der Waals surface area contributed by atoms with Gasteiger partial charge in [-0.25, -0.2) is 4.79 Å². The smallest absolute Gasteiger partial charge is 0.338 e. The van der Waals surface area contributed by atoms with Crippen LogP contribution in [0.1, 0.15) is 34.5 Å². The molecule has 2 N–H and O–H groups in total. The maximum Gasteiger partial charge on any atom is 0.338 e. The Balaban J connectivity index is 1.63. The van der Waals surface area contributed by atoms with Crippen molar-refractivity contribution in [2.24, 2.45) is 0 Å². The average molecular weight is 515 g/mol. The number of hydrogen-bond donors (Lipinski definition) is 2. The number of rotatable bonds is 5. The van der Waals surface area contributed by atoms with Gasteiger partial charge in [0.15, 0.2) is 0 Å². The van der Waals surface area contributed by atoms with E-state index in [0.717, 1.165) is 5.69 Å². The molecule has 2 aliphatic rings. The van der Waals surface area contributed by atoms with Gasteiger partial charge in [0, 0.05) is 18.3 Å². The molecule has 194 valence electrons. The van der Waals surface area contributed by atoms with E-state index >= 15 is 0 Å². The molecule has 1 saturated heterocycles. The molecule has 3 aromatic rings. The Labute approximate surface area is 219 Å². The summed E-state index contributed by atoms with van der Waals surface area (Å²) in [5, 5.41) is 21.3. The van der Waals surface area contributed by atoms with Gasteiger partial charge in [-0.3, -0.25) is 14.5 Å². The van der Waals surface area contributed by atoms with Crippen molar-refractivity contribution in [1.82, 2.24) is 0 Å². The molecular formula is C29H26N2O7. The zero-order chi connectivity index (χ0) is 27.0. The van der Waals surface area contributed by atoms with Crippen molar-refractivity contribution in [3.63, 3.8) is 0 Å². The number of phenols is 1. The molecule has 0 saturated carbocycles. The highest BCUT2D eigenvalue weighted by molar-refractivity contribution is 6.51. The maximum atomic E-state index is 13.4. The third kappa shape index (κ3) is 4.32. The van der Waals surface area contributed by atoms with E-state index in [1.54, 1.807) is 49.4 Å². The van der Waals surface area contributed by atoms with E-state index in [4.69, 9.17) is 9.47 Å². The normalized spacial score (nSPS) is 18.2. The fraction of sp³-hybridized carbons (Fsp3) is 0.207. The number of carbonyl (C=O) groups is 3. The molecule has 5 rings (SSSR count). The highest BCUT2D eigenvalue weighted by Crippen LogP contribution is 2.43. The zero-order valence-corrected chi connectivity index (χ0v) is 20.9. The number of fused-ring (bicyclic) bond motifs is 1. The number of aromatic hydroxyl groups is 1. The number of Topliss-reactive ketones (excluding diaryl/α,β-unsaturated/α-hetero) is 1. The van der Waals surface area contributed by atoms with E-state index in [1.165, 1.54) is 29.2 Å². The summed E-state index contributed by atoms with van der Waals surface area (Å²) in [6.07, 6.45) is 0. The topological polar surface area (TPSA) is 117 Å². The summed E-state index contributed by atoms with van der Waals surface area (Å²) < 4.78 is 10.7. The summed E-state index contributed by atoms with van der Waals surface area (Å²) in [6.45, 7) is 3.13. The number of aliphatic hydroxyl groups excluding tert-OH is 1. The van der Waals surface area contributed by atoms with Crippen LogP contribution in [0, 0.1) is 0 Å². The van der Waals surface area contributed by atoms with Gasteiger partial charge in [0.2, 0.25) is 0 Å². The summed E-state index contributed by atoms with van der Waals surface area (Å²) in [5.74, 6) is -1.83. The zero-order valence-electron chi connectivity index (χ0n) is 20.9. The van der Waals surface area contributed by atoms with Gasteiger partial charge >= 0.3 is 5.97 Å². The fourth-order valence-electron chi connectivity index (χ4n) is 4.70. The highest BCUT2D eigenvalue weighted by atomic mass is 16.5. The molecule has 38 heavy (non-hydrogen) atoms. The fourth-order valence-corrected chi connectivity index (χ4v) is 4.70. The molecule has 0 spiro atoms. The number of anilines is 2. The maximum absolute atomic E-state index is 13.4. The highest BCUT2D eigenvalue weighted by Gasteiger charge is 2.47. The number of esters is 1. The van der Waals surface area contributed by atoms with E-state index in [1.807, 2.05) is 11.9 Å². The van der Waals surface area contributed by atoms with Crippen molar-refractivity contribution in [3.05, 3.63) is 89.0 Å². The largest absolute Gasteiger partial charge is 0.508 e. The van der Waals surface area contributed by atoms with Gasteiger partial charge in [-0.1, -0.05) is 12.1 Å². The van der Waals surface area contributed by atoms with Gasteiger partial charge in [0.25, 0.3) is 11.7 Å². The number of ether oxygens (including phenoxy) is 2. The standard InChI is InChI=1S/C29H26N2O7/c1-3-37-29(36)18-4-9-20(10-5-18)31-25(17-6-11-21(32)12-7-17)24(27(34)28(31)35)26(33)19-8-13-23-22(16-19)30(2)14-15-38-23/h4-13,16,25,32-33H,3,14-15H2,1-2H3/b26-24-. The van der Waals surface area contributed by atoms with Gasteiger partial charge in [0.1, 0.15) is 23.9 Å². The summed E-state index contributed by atoms with van der Waals surface area (Å²) in [7, 11) is 1.90. The van der Waals surface area contributed by atoms with Gasteiger partial charge in [-0.15, -0.1) is 0 Å². The summed E-state index contributed by atoms with van der Waals surface area (Å²) >= 11 is 0. The van der Waals surface area contributed by atoms with Crippen LogP contribution in [-0.4, -0.2) is 54.7 Å². The minimum Gasteiger partial charge on any atom is -0.508 e. The van der Waals surface area contributed by atoms with E-state index in [9.17, 15) is 24.6 Å². The molecule has 1 unspecified atom stereocenters. The van der Waals surface area contributed by atoms with Gasteiger partial charge in [-0.05, 0) is 67.1 Å².